The summed E-state index contributed by atoms with van der Waals surface area (Å²) in [6.07, 6.45) is 3.50. The molecular weight excluding hydrogens is 364 g/mol. The summed E-state index contributed by atoms with van der Waals surface area (Å²) < 4.78 is 0. The van der Waals surface area contributed by atoms with Gasteiger partial charge in [-0.1, -0.05) is 6.07 Å². The third-order valence-corrected chi connectivity index (χ3v) is 6.45. The Hall–Kier alpha value is -2.32. The van der Waals surface area contributed by atoms with Gasteiger partial charge in [-0.3, -0.25) is 19.8 Å². The molecule has 27 heavy (non-hydrogen) atoms. The molecule has 8 heteroatoms. The van der Waals surface area contributed by atoms with Gasteiger partial charge in [0.1, 0.15) is 5.01 Å². The third-order valence-electron chi connectivity index (χ3n) is 5.31. The second-order valence-electron chi connectivity index (χ2n) is 7.16. The highest BCUT2D eigenvalue weighted by atomic mass is 32.1. The number of aromatic nitrogens is 1. The Labute approximate surface area is 161 Å². The molecule has 0 atom stereocenters. The molecule has 142 valence electrons. The normalized spacial score (nSPS) is 17.1. The number of hydrogen-bond donors (Lipinski definition) is 0. The fraction of sp³-hybridized carbons (Fsp3) is 0.474. The van der Waals surface area contributed by atoms with Crippen LogP contribution in [0, 0.1) is 17.0 Å². The van der Waals surface area contributed by atoms with Gasteiger partial charge in [0.2, 0.25) is 0 Å². The number of thiazole rings is 1. The van der Waals surface area contributed by atoms with Crippen molar-refractivity contribution in [3.05, 3.63) is 55.0 Å². The maximum atomic E-state index is 12.7. The minimum atomic E-state index is -0.435. The summed E-state index contributed by atoms with van der Waals surface area (Å²) in [5, 5.41) is 12.3. The standard InChI is InChI=1S/C19H22N4O3S/c1-13-5-6-14(11-16(13)23(25)26)19(24)22-9-7-21(8-10-22)12-18-20-15-3-2-4-17(15)27-18/h5-6,11H,2-4,7-10,12H2,1H3. The number of carbonyl (C=O) groups is 1. The van der Waals surface area contributed by atoms with Gasteiger partial charge in [-0.05, 0) is 32.3 Å². The van der Waals surface area contributed by atoms with Crippen LogP contribution in [0.5, 0.6) is 0 Å². The Balaban J connectivity index is 1.36. The number of aryl methyl sites for hydroxylation is 3. The molecule has 0 bridgehead atoms. The first-order valence-electron chi connectivity index (χ1n) is 9.25. The summed E-state index contributed by atoms with van der Waals surface area (Å²) in [5.41, 5.74) is 2.23. The van der Waals surface area contributed by atoms with Crippen LogP contribution in [-0.2, 0) is 19.4 Å². The fourth-order valence-corrected chi connectivity index (χ4v) is 4.93. The molecular formula is C19H22N4O3S. The van der Waals surface area contributed by atoms with E-state index >= 15 is 0 Å². The Morgan fingerprint density at radius 2 is 2.04 bits per heavy atom. The van der Waals surface area contributed by atoms with E-state index in [0.29, 0.717) is 24.2 Å². The Morgan fingerprint density at radius 1 is 1.26 bits per heavy atom. The molecule has 4 rings (SSSR count). The molecule has 1 aromatic carbocycles. The lowest BCUT2D eigenvalue weighted by Gasteiger charge is -2.34. The first-order chi connectivity index (χ1) is 13.0. The smallest absolute Gasteiger partial charge is 0.273 e. The summed E-state index contributed by atoms with van der Waals surface area (Å²) in [6.45, 7) is 5.38. The third kappa shape index (κ3) is 3.72. The van der Waals surface area contributed by atoms with E-state index < -0.39 is 4.92 Å². The molecule has 1 fully saturated rings. The van der Waals surface area contributed by atoms with Gasteiger partial charge >= 0.3 is 0 Å². The van der Waals surface area contributed by atoms with Crippen LogP contribution in [0.2, 0.25) is 0 Å². The van der Waals surface area contributed by atoms with Gasteiger partial charge in [-0.25, -0.2) is 4.98 Å². The van der Waals surface area contributed by atoms with Crippen LogP contribution >= 0.6 is 11.3 Å². The number of amides is 1. The largest absolute Gasteiger partial charge is 0.336 e. The highest BCUT2D eigenvalue weighted by molar-refractivity contribution is 7.11. The van der Waals surface area contributed by atoms with Crippen molar-refractivity contribution in [3.63, 3.8) is 0 Å². The van der Waals surface area contributed by atoms with Gasteiger partial charge in [0, 0.05) is 48.2 Å². The first kappa shape index (κ1) is 18.1. The van der Waals surface area contributed by atoms with Crippen LogP contribution in [-0.4, -0.2) is 51.8 Å². The average molecular weight is 386 g/mol. The minimum Gasteiger partial charge on any atom is -0.336 e. The fourth-order valence-electron chi connectivity index (χ4n) is 3.73. The van der Waals surface area contributed by atoms with Gasteiger partial charge in [-0.2, -0.15) is 0 Å². The molecule has 1 aromatic heterocycles. The van der Waals surface area contributed by atoms with Gasteiger partial charge < -0.3 is 4.90 Å². The van der Waals surface area contributed by atoms with E-state index in [0.717, 1.165) is 32.5 Å². The molecule has 0 N–H and O–H groups in total. The molecule has 1 saturated heterocycles. The SMILES string of the molecule is Cc1ccc(C(=O)N2CCN(Cc3nc4c(s3)CCC4)CC2)cc1[N+](=O)[O-]. The number of benzene rings is 1. The average Bonchev–Trinajstić information content (AvgIpc) is 3.23. The highest BCUT2D eigenvalue weighted by Gasteiger charge is 2.25. The van der Waals surface area contributed by atoms with Crippen molar-refractivity contribution in [2.24, 2.45) is 0 Å². The van der Waals surface area contributed by atoms with Crippen LogP contribution in [0.1, 0.15) is 37.9 Å². The van der Waals surface area contributed by atoms with E-state index in [1.807, 2.05) is 11.3 Å². The monoisotopic (exact) mass is 386 g/mol. The van der Waals surface area contributed by atoms with E-state index in [-0.39, 0.29) is 11.6 Å². The van der Waals surface area contributed by atoms with Crippen LogP contribution in [0.15, 0.2) is 18.2 Å². The predicted molar refractivity (Wildman–Crippen MR) is 103 cm³/mol. The van der Waals surface area contributed by atoms with Gasteiger partial charge in [0.15, 0.2) is 0 Å². The van der Waals surface area contributed by atoms with Crippen LogP contribution < -0.4 is 0 Å². The van der Waals surface area contributed by atoms with Crippen molar-refractivity contribution < 1.29 is 9.72 Å². The zero-order chi connectivity index (χ0) is 19.0. The first-order valence-corrected chi connectivity index (χ1v) is 10.1. The molecule has 2 heterocycles. The summed E-state index contributed by atoms with van der Waals surface area (Å²) in [7, 11) is 0. The number of nitro benzene ring substituents is 1. The summed E-state index contributed by atoms with van der Waals surface area (Å²) in [4.78, 5) is 33.7. The molecule has 0 spiro atoms. The van der Waals surface area contributed by atoms with Crippen LogP contribution in [0.25, 0.3) is 0 Å². The molecule has 1 aliphatic carbocycles. The number of nitro groups is 1. The summed E-state index contributed by atoms with van der Waals surface area (Å²) in [5.74, 6) is -0.133. The number of fused-ring (bicyclic) bond motifs is 1. The zero-order valence-corrected chi connectivity index (χ0v) is 16.1. The van der Waals surface area contributed by atoms with Gasteiger partial charge in [-0.15, -0.1) is 11.3 Å². The maximum Gasteiger partial charge on any atom is 0.273 e. The molecule has 0 unspecified atom stereocenters. The predicted octanol–water partition coefficient (Wildman–Crippen LogP) is 2.81. The van der Waals surface area contributed by atoms with Gasteiger partial charge in [0.25, 0.3) is 11.6 Å². The lowest BCUT2D eigenvalue weighted by atomic mass is 10.1. The molecule has 0 radical (unpaired) electrons. The molecule has 7 nitrogen and oxygen atoms in total. The Morgan fingerprint density at radius 3 is 2.74 bits per heavy atom. The van der Waals surface area contributed by atoms with Crippen LogP contribution in [0.4, 0.5) is 5.69 Å². The second kappa shape index (κ2) is 7.36. The number of piperazine rings is 1. The van der Waals surface area contributed by atoms with Crippen molar-refractivity contribution in [1.82, 2.24) is 14.8 Å². The van der Waals surface area contributed by atoms with Crippen molar-refractivity contribution in [3.8, 4) is 0 Å². The summed E-state index contributed by atoms with van der Waals surface area (Å²) >= 11 is 1.83. The molecule has 1 amide bonds. The van der Waals surface area contributed by atoms with E-state index in [4.69, 9.17) is 4.98 Å². The lowest BCUT2D eigenvalue weighted by Crippen LogP contribution is -2.48. The Kier molecular flexibility index (Phi) is 4.92. The van der Waals surface area contributed by atoms with Crippen molar-refractivity contribution in [1.29, 1.82) is 0 Å². The van der Waals surface area contributed by atoms with E-state index in [9.17, 15) is 14.9 Å². The summed E-state index contributed by atoms with van der Waals surface area (Å²) in [6, 6.07) is 4.71. The van der Waals surface area contributed by atoms with Crippen molar-refractivity contribution in [2.45, 2.75) is 32.7 Å². The maximum absolute atomic E-state index is 12.7. The lowest BCUT2D eigenvalue weighted by molar-refractivity contribution is -0.385. The van der Waals surface area contributed by atoms with E-state index in [1.165, 1.54) is 28.1 Å². The number of rotatable bonds is 4. The number of carbonyl (C=O) groups excluding carboxylic acids is 1. The topological polar surface area (TPSA) is 79.6 Å². The number of hydrogen-bond acceptors (Lipinski definition) is 6. The molecule has 2 aliphatic rings. The molecule has 0 saturated carbocycles. The van der Waals surface area contributed by atoms with E-state index in [1.54, 1.807) is 24.0 Å². The van der Waals surface area contributed by atoms with Crippen LogP contribution in [0.3, 0.4) is 0 Å². The quantitative estimate of drug-likeness (QED) is 0.596. The van der Waals surface area contributed by atoms with Crippen molar-refractivity contribution in [2.75, 3.05) is 26.2 Å². The zero-order valence-electron chi connectivity index (χ0n) is 15.3. The second-order valence-corrected chi connectivity index (χ2v) is 8.33. The Bertz CT molecular complexity index is 866. The van der Waals surface area contributed by atoms with E-state index in [2.05, 4.69) is 4.90 Å². The molecule has 2 aromatic rings. The minimum absolute atomic E-state index is 0.00342. The number of nitrogens with zero attached hydrogens (tertiary/aromatic N) is 4. The van der Waals surface area contributed by atoms with Gasteiger partial charge in [0.05, 0.1) is 17.2 Å². The van der Waals surface area contributed by atoms with Crippen molar-refractivity contribution >= 4 is 22.9 Å². The highest BCUT2D eigenvalue weighted by Crippen LogP contribution is 2.28. The molecule has 1 aliphatic heterocycles.